The second kappa shape index (κ2) is 11.0. The number of piperidine rings is 1. The zero-order chi connectivity index (χ0) is 23.2. The first-order chi connectivity index (χ1) is 16.0. The summed E-state index contributed by atoms with van der Waals surface area (Å²) in [6.45, 7) is 8.32. The van der Waals surface area contributed by atoms with Crippen molar-refractivity contribution in [3.8, 4) is 0 Å². The largest absolute Gasteiger partial charge is 0.350 e. The van der Waals surface area contributed by atoms with Gasteiger partial charge in [0.1, 0.15) is 6.04 Å². The van der Waals surface area contributed by atoms with Gasteiger partial charge in [0.05, 0.1) is 0 Å². The summed E-state index contributed by atoms with van der Waals surface area (Å²) in [5, 5.41) is 3.16. The van der Waals surface area contributed by atoms with Crippen LogP contribution in [0.3, 0.4) is 0 Å². The molecule has 5 heteroatoms. The number of hydrogen-bond acceptors (Lipinski definition) is 3. The standard InChI is InChI=1S/C28H37N3O2/c1-21(2)16-27(32)31-20-25-13-6-4-10-22(25)17-26(31)28(33)29-18-23-11-5-7-12-24(23)19-30-14-8-3-9-15-30/h4-7,10-13,21,26H,3,8-9,14-20H2,1-2H3,(H,29,33). The predicted molar refractivity (Wildman–Crippen MR) is 131 cm³/mol. The van der Waals surface area contributed by atoms with Crippen LogP contribution >= 0.6 is 0 Å². The Morgan fingerprint density at radius 1 is 0.939 bits per heavy atom. The monoisotopic (exact) mass is 447 g/mol. The SMILES string of the molecule is CC(C)CC(=O)N1Cc2ccccc2CC1C(=O)NCc1ccccc1CN1CCCCC1. The van der Waals surface area contributed by atoms with E-state index in [0.29, 0.717) is 25.9 Å². The van der Waals surface area contributed by atoms with Crippen molar-refractivity contribution < 1.29 is 9.59 Å². The maximum Gasteiger partial charge on any atom is 0.243 e. The molecule has 1 fully saturated rings. The van der Waals surface area contributed by atoms with Gasteiger partial charge in [-0.15, -0.1) is 0 Å². The molecule has 2 aromatic rings. The Hall–Kier alpha value is -2.66. The number of nitrogens with one attached hydrogen (secondary N) is 1. The molecule has 0 radical (unpaired) electrons. The molecule has 0 aromatic heterocycles. The van der Waals surface area contributed by atoms with Crippen LogP contribution in [0.4, 0.5) is 0 Å². The van der Waals surface area contributed by atoms with Crippen LogP contribution < -0.4 is 5.32 Å². The van der Waals surface area contributed by atoms with Crippen LogP contribution in [0, 0.1) is 5.92 Å². The highest BCUT2D eigenvalue weighted by atomic mass is 16.2. The smallest absolute Gasteiger partial charge is 0.243 e. The number of hydrogen-bond donors (Lipinski definition) is 1. The number of nitrogens with zero attached hydrogens (tertiary/aromatic N) is 2. The van der Waals surface area contributed by atoms with E-state index in [0.717, 1.165) is 36.3 Å². The molecule has 1 saturated heterocycles. The van der Waals surface area contributed by atoms with E-state index in [1.54, 1.807) is 4.90 Å². The van der Waals surface area contributed by atoms with Crippen LogP contribution in [0.25, 0.3) is 0 Å². The maximum atomic E-state index is 13.4. The zero-order valence-corrected chi connectivity index (χ0v) is 20.1. The molecular formula is C28H37N3O2. The van der Waals surface area contributed by atoms with Crippen molar-refractivity contribution in [2.75, 3.05) is 13.1 Å². The van der Waals surface area contributed by atoms with E-state index in [1.807, 2.05) is 32.0 Å². The molecule has 2 aliphatic rings. The molecule has 1 atom stereocenters. The molecule has 1 N–H and O–H groups in total. The Bertz CT molecular complexity index is 965. The van der Waals surface area contributed by atoms with Gasteiger partial charge in [-0.05, 0) is 54.1 Å². The zero-order valence-electron chi connectivity index (χ0n) is 20.1. The van der Waals surface area contributed by atoms with Crippen LogP contribution in [0.5, 0.6) is 0 Å². The predicted octanol–water partition coefficient (Wildman–Crippen LogP) is 4.29. The number of likely N-dealkylation sites (tertiary alicyclic amines) is 1. The Labute approximate surface area is 198 Å². The van der Waals surface area contributed by atoms with Gasteiger partial charge in [-0.1, -0.05) is 68.8 Å². The number of benzene rings is 2. The molecule has 176 valence electrons. The lowest BCUT2D eigenvalue weighted by Crippen LogP contribution is -2.52. The second-order valence-electron chi connectivity index (χ2n) is 9.93. The quantitative estimate of drug-likeness (QED) is 0.689. The minimum absolute atomic E-state index is 0.0603. The van der Waals surface area contributed by atoms with Crippen molar-refractivity contribution >= 4 is 11.8 Å². The number of rotatable bonds is 7. The third kappa shape index (κ3) is 6.02. The van der Waals surface area contributed by atoms with E-state index < -0.39 is 6.04 Å². The van der Waals surface area contributed by atoms with Gasteiger partial charge in [-0.2, -0.15) is 0 Å². The minimum Gasteiger partial charge on any atom is -0.350 e. The van der Waals surface area contributed by atoms with Gasteiger partial charge in [0.2, 0.25) is 11.8 Å². The normalized spacial score (nSPS) is 18.8. The van der Waals surface area contributed by atoms with Crippen molar-refractivity contribution in [1.82, 2.24) is 15.1 Å². The molecule has 2 aromatic carbocycles. The average molecular weight is 448 g/mol. The molecule has 2 heterocycles. The van der Waals surface area contributed by atoms with Crippen molar-refractivity contribution in [2.24, 2.45) is 5.92 Å². The van der Waals surface area contributed by atoms with Gasteiger partial charge in [0.25, 0.3) is 0 Å². The lowest BCUT2D eigenvalue weighted by molar-refractivity contribution is -0.142. The average Bonchev–Trinajstić information content (AvgIpc) is 2.82. The Balaban J connectivity index is 1.46. The van der Waals surface area contributed by atoms with Crippen molar-refractivity contribution in [3.63, 3.8) is 0 Å². The first kappa shape index (κ1) is 23.5. The van der Waals surface area contributed by atoms with Gasteiger partial charge in [0.15, 0.2) is 0 Å². The van der Waals surface area contributed by atoms with Crippen molar-refractivity contribution in [2.45, 2.75) is 71.6 Å². The fraction of sp³-hybridized carbons (Fsp3) is 0.500. The highest BCUT2D eigenvalue weighted by Crippen LogP contribution is 2.25. The summed E-state index contributed by atoms with van der Waals surface area (Å²) in [5.41, 5.74) is 4.75. The minimum atomic E-state index is -0.458. The van der Waals surface area contributed by atoms with E-state index in [1.165, 1.54) is 24.8 Å². The van der Waals surface area contributed by atoms with E-state index in [4.69, 9.17) is 0 Å². The van der Waals surface area contributed by atoms with Crippen LogP contribution in [-0.4, -0.2) is 40.7 Å². The van der Waals surface area contributed by atoms with Crippen LogP contribution in [0.2, 0.25) is 0 Å². The van der Waals surface area contributed by atoms with E-state index in [2.05, 4.69) is 40.5 Å². The van der Waals surface area contributed by atoms with Gasteiger partial charge in [0, 0.05) is 32.5 Å². The second-order valence-corrected chi connectivity index (χ2v) is 9.93. The summed E-state index contributed by atoms with van der Waals surface area (Å²) in [7, 11) is 0. The molecule has 4 rings (SSSR count). The Morgan fingerprint density at radius 2 is 1.61 bits per heavy atom. The lowest BCUT2D eigenvalue weighted by Gasteiger charge is -2.36. The molecule has 33 heavy (non-hydrogen) atoms. The summed E-state index contributed by atoms with van der Waals surface area (Å²) < 4.78 is 0. The molecule has 1 unspecified atom stereocenters. The van der Waals surface area contributed by atoms with Crippen LogP contribution in [0.1, 0.15) is 61.8 Å². The van der Waals surface area contributed by atoms with E-state index in [-0.39, 0.29) is 17.7 Å². The highest BCUT2D eigenvalue weighted by Gasteiger charge is 2.34. The van der Waals surface area contributed by atoms with Crippen LogP contribution in [-0.2, 0) is 35.6 Å². The summed E-state index contributed by atoms with van der Waals surface area (Å²) in [4.78, 5) is 30.7. The molecule has 5 nitrogen and oxygen atoms in total. The molecule has 2 aliphatic heterocycles. The topological polar surface area (TPSA) is 52.7 Å². The van der Waals surface area contributed by atoms with Crippen molar-refractivity contribution in [3.05, 3.63) is 70.8 Å². The number of carbonyl (C=O) groups is 2. The third-order valence-corrected chi connectivity index (χ3v) is 6.87. The van der Waals surface area contributed by atoms with Crippen molar-refractivity contribution in [1.29, 1.82) is 0 Å². The Kier molecular flexibility index (Phi) is 7.81. The first-order valence-corrected chi connectivity index (χ1v) is 12.4. The van der Waals surface area contributed by atoms with E-state index >= 15 is 0 Å². The highest BCUT2D eigenvalue weighted by molar-refractivity contribution is 5.88. The van der Waals surface area contributed by atoms with Crippen LogP contribution in [0.15, 0.2) is 48.5 Å². The molecule has 0 bridgehead atoms. The molecule has 0 saturated carbocycles. The fourth-order valence-electron chi connectivity index (χ4n) is 5.03. The lowest BCUT2D eigenvalue weighted by atomic mass is 9.92. The molecule has 2 amide bonds. The summed E-state index contributed by atoms with van der Waals surface area (Å²) in [6.07, 6.45) is 4.89. The van der Waals surface area contributed by atoms with E-state index in [9.17, 15) is 9.59 Å². The fourth-order valence-corrected chi connectivity index (χ4v) is 5.03. The van der Waals surface area contributed by atoms with Gasteiger partial charge in [-0.3, -0.25) is 14.5 Å². The summed E-state index contributed by atoms with van der Waals surface area (Å²) >= 11 is 0. The van der Waals surface area contributed by atoms with Gasteiger partial charge < -0.3 is 10.2 Å². The molecule has 0 aliphatic carbocycles. The molecule has 0 spiro atoms. The van der Waals surface area contributed by atoms with Gasteiger partial charge in [-0.25, -0.2) is 0 Å². The third-order valence-electron chi connectivity index (χ3n) is 6.87. The van der Waals surface area contributed by atoms with Gasteiger partial charge >= 0.3 is 0 Å². The number of amides is 2. The maximum absolute atomic E-state index is 13.4. The summed E-state index contributed by atoms with van der Waals surface area (Å²) in [6, 6.07) is 16.1. The first-order valence-electron chi connectivity index (χ1n) is 12.4. The Morgan fingerprint density at radius 3 is 2.33 bits per heavy atom. The molecular weight excluding hydrogens is 410 g/mol. The number of fused-ring (bicyclic) bond motifs is 1. The number of carbonyl (C=O) groups excluding carboxylic acids is 2. The summed E-state index contributed by atoms with van der Waals surface area (Å²) in [5.74, 6) is 0.264.